The van der Waals surface area contributed by atoms with Crippen molar-refractivity contribution in [3.05, 3.63) is 24.3 Å². The second-order valence-corrected chi connectivity index (χ2v) is 6.36. The largest absolute Gasteiger partial charge is 0.493 e. The molecule has 1 heterocycles. The fourth-order valence-electron chi connectivity index (χ4n) is 3.19. The summed E-state index contributed by atoms with van der Waals surface area (Å²) in [6.07, 6.45) is 6.56. The lowest BCUT2D eigenvalue weighted by Crippen LogP contribution is -2.21. The van der Waals surface area contributed by atoms with Crippen LogP contribution in [0.25, 0.3) is 0 Å². The number of ether oxygens (including phenoxy) is 2. The third kappa shape index (κ3) is 4.23. The minimum Gasteiger partial charge on any atom is -0.493 e. The lowest BCUT2D eigenvalue weighted by molar-refractivity contribution is -0.119. The van der Waals surface area contributed by atoms with Crippen molar-refractivity contribution in [3.63, 3.8) is 0 Å². The zero-order valence-corrected chi connectivity index (χ0v) is 13.1. The quantitative estimate of drug-likeness (QED) is 0.903. The van der Waals surface area contributed by atoms with E-state index in [0.29, 0.717) is 5.92 Å². The lowest BCUT2D eigenvalue weighted by atomic mass is 10.0. The average Bonchev–Trinajstić information content (AvgIpc) is 3.10. The van der Waals surface area contributed by atoms with Gasteiger partial charge in [0.25, 0.3) is 0 Å². The predicted molar refractivity (Wildman–Crippen MR) is 86.1 cm³/mol. The summed E-state index contributed by atoms with van der Waals surface area (Å²) in [5.74, 6) is 1.82. The van der Waals surface area contributed by atoms with E-state index in [0.717, 1.165) is 56.9 Å². The third-order valence-corrected chi connectivity index (χ3v) is 4.67. The SMILES string of the molecule is O=C(Nc1ccc(OCC2CCOCC2)cc1)C1CCCC1. The molecule has 1 aromatic carbocycles. The number of nitrogens with one attached hydrogen (secondary N) is 1. The van der Waals surface area contributed by atoms with E-state index in [9.17, 15) is 4.79 Å². The molecule has 0 bridgehead atoms. The summed E-state index contributed by atoms with van der Waals surface area (Å²) >= 11 is 0. The highest BCUT2D eigenvalue weighted by Crippen LogP contribution is 2.26. The molecule has 0 unspecified atom stereocenters. The molecule has 3 rings (SSSR count). The van der Waals surface area contributed by atoms with Crippen molar-refractivity contribution < 1.29 is 14.3 Å². The van der Waals surface area contributed by atoms with Crippen molar-refractivity contribution in [1.29, 1.82) is 0 Å². The molecule has 120 valence electrons. The van der Waals surface area contributed by atoms with Crippen molar-refractivity contribution in [2.45, 2.75) is 38.5 Å². The molecule has 4 nitrogen and oxygen atoms in total. The van der Waals surface area contributed by atoms with E-state index in [1.807, 2.05) is 24.3 Å². The first kappa shape index (κ1) is 15.3. The monoisotopic (exact) mass is 303 g/mol. The van der Waals surface area contributed by atoms with Crippen molar-refractivity contribution >= 4 is 11.6 Å². The zero-order chi connectivity index (χ0) is 15.2. The first-order valence-corrected chi connectivity index (χ1v) is 8.43. The Kier molecular flexibility index (Phi) is 5.33. The van der Waals surface area contributed by atoms with Crippen molar-refractivity contribution in [1.82, 2.24) is 0 Å². The van der Waals surface area contributed by atoms with Gasteiger partial charge in [0.2, 0.25) is 5.91 Å². The van der Waals surface area contributed by atoms with Gasteiger partial charge in [-0.05, 0) is 55.9 Å². The topological polar surface area (TPSA) is 47.6 Å². The first-order chi connectivity index (χ1) is 10.8. The second kappa shape index (κ2) is 7.63. The summed E-state index contributed by atoms with van der Waals surface area (Å²) in [6, 6.07) is 7.71. The summed E-state index contributed by atoms with van der Waals surface area (Å²) in [5, 5.41) is 3.01. The summed E-state index contributed by atoms with van der Waals surface area (Å²) in [7, 11) is 0. The van der Waals surface area contributed by atoms with Gasteiger partial charge in [-0.3, -0.25) is 4.79 Å². The Hall–Kier alpha value is -1.55. The number of carbonyl (C=O) groups is 1. The summed E-state index contributed by atoms with van der Waals surface area (Å²) < 4.78 is 11.2. The maximum absolute atomic E-state index is 12.1. The van der Waals surface area contributed by atoms with Gasteiger partial charge in [0, 0.05) is 24.8 Å². The third-order valence-electron chi connectivity index (χ3n) is 4.67. The molecule has 1 saturated heterocycles. The minimum atomic E-state index is 0.161. The second-order valence-electron chi connectivity index (χ2n) is 6.36. The molecule has 0 aromatic heterocycles. The van der Waals surface area contributed by atoms with Crippen LogP contribution in [0.1, 0.15) is 38.5 Å². The van der Waals surface area contributed by atoms with Gasteiger partial charge < -0.3 is 14.8 Å². The molecule has 1 saturated carbocycles. The Morgan fingerprint density at radius 1 is 1.09 bits per heavy atom. The van der Waals surface area contributed by atoms with Gasteiger partial charge >= 0.3 is 0 Å². The van der Waals surface area contributed by atoms with Gasteiger partial charge in [0.1, 0.15) is 5.75 Å². The maximum atomic E-state index is 12.1. The molecule has 0 spiro atoms. The molecule has 22 heavy (non-hydrogen) atoms. The molecular weight excluding hydrogens is 278 g/mol. The summed E-state index contributed by atoms with van der Waals surface area (Å²) in [5.41, 5.74) is 0.857. The standard InChI is InChI=1S/C18H25NO3/c20-18(15-3-1-2-4-15)19-16-5-7-17(8-6-16)22-13-14-9-11-21-12-10-14/h5-8,14-15H,1-4,9-13H2,(H,19,20). The van der Waals surface area contributed by atoms with Crippen LogP contribution in [-0.4, -0.2) is 25.7 Å². The molecule has 0 radical (unpaired) electrons. The average molecular weight is 303 g/mol. The zero-order valence-electron chi connectivity index (χ0n) is 13.1. The number of hydrogen-bond acceptors (Lipinski definition) is 3. The maximum Gasteiger partial charge on any atom is 0.227 e. The van der Waals surface area contributed by atoms with Gasteiger partial charge in [-0.1, -0.05) is 12.8 Å². The number of anilines is 1. The number of hydrogen-bond donors (Lipinski definition) is 1. The van der Waals surface area contributed by atoms with Crippen LogP contribution in [0.4, 0.5) is 5.69 Å². The molecule has 1 aliphatic heterocycles. The van der Waals surface area contributed by atoms with Crippen LogP contribution in [0.2, 0.25) is 0 Å². The Balaban J connectivity index is 1.46. The fraction of sp³-hybridized carbons (Fsp3) is 0.611. The molecule has 1 aromatic rings. The molecule has 2 fully saturated rings. The highest BCUT2D eigenvalue weighted by Gasteiger charge is 2.22. The molecule has 4 heteroatoms. The van der Waals surface area contributed by atoms with Crippen molar-refractivity contribution in [3.8, 4) is 5.75 Å². The van der Waals surface area contributed by atoms with Crippen molar-refractivity contribution in [2.75, 3.05) is 25.1 Å². The number of benzene rings is 1. The highest BCUT2D eigenvalue weighted by atomic mass is 16.5. The van der Waals surface area contributed by atoms with Crippen LogP contribution in [0.3, 0.4) is 0 Å². The normalized spacial score (nSPS) is 20.0. The van der Waals surface area contributed by atoms with Gasteiger partial charge in [0.15, 0.2) is 0 Å². The van der Waals surface area contributed by atoms with E-state index in [4.69, 9.17) is 9.47 Å². The Bertz CT molecular complexity index is 474. The Labute approximate surface area is 132 Å². The highest BCUT2D eigenvalue weighted by molar-refractivity contribution is 5.92. The number of rotatable bonds is 5. The molecule has 1 aliphatic carbocycles. The van der Waals surface area contributed by atoms with Crippen LogP contribution in [-0.2, 0) is 9.53 Å². The number of carbonyl (C=O) groups excluding carboxylic acids is 1. The van der Waals surface area contributed by atoms with E-state index < -0.39 is 0 Å². The lowest BCUT2D eigenvalue weighted by Gasteiger charge is -2.22. The van der Waals surface area contributed by atoms with E-state index >= 15 is 0 Å². The summed E-state index contributed by atoms with van der Waals surface area (Å²) in [4.78, 5) is 12.1. The smallest absolute Gasteiger partial charge is 0.227 e. The van der Waals surface area contributed by atoms with Crippen LogP contribution in [0.5, 0.6) is 5.75 Å². The number of amides is 1. The van der Waals surface area contributed by atoms with E-state index in [1.54, 1.807) is 0 Å². The Morgan fingerprint density at radius 3 is 2.45 bits per heavy atom. The van der Waals surface area contributed by atoms with Crippen LogP contribution in [0.15, 0.2) is 24.3 Å². The van der Waals surface area contributed by atoms with Crippen LogP contribution in [0, 0.1) is 11.8 Å². The van der Waals surface area contributed by atoms with E-state index in [2.05, 4.69) is 5.32 Å². The van der Waals surface area contributed by atoms with Crippen molar-refractivity contribution in [2.24, 2.45) is 11.8 Å². The van der Waals surface area contributed by atoms with E-state index in [1.165, 1.54) is 12.8 Å². The molecule has 0 atom stereocenters. The van der Waals surface area contributed by atoms with Gasteiger partial charge in [0.05, 0.1) is 6.61 Å². The first-order valence-electron chi connectivity index (χ1n) is 8.43. The minimum absolute atomic E-state index is 0.161. The molecule has 2 aliphatic rings. The van der Waals surface area contributed by atoms with Crippen LogP contribution < -0.4 is 10.1 Å². The summed E-state index contributed by atoms with van der Waals surface area (Å²) in [6.45, 7) is 2.44. The fourth-order valence-corrected chi connectivity index (χ4v) is 3.19. The molecule has 1 N–H and O–H groups in total. The van der Waals surface area contributed by atoms with Gasteiger partial charge in [-0.25, -0.2) is 0 Å². The van der Waals surface area contributed by atoms with Gasteiger partial charge in [-0.15, -0.1) is 0 Å². The molecule has 1 amide bonds. The van der Waals surface area contributed by atoms with Crippen LogP contribution >= 0.6 is 0 Å². The Morgan fingerprint density at radius 2 is 1.77 bits per heavy atom. The van der Waals surface area contributed by atoms with E-state index in [-0.39, 0.29) is 11.8 Å². The molecular formula is C18H25NO3. The predicted octanol–water partition coefficient (Wildman–Crippen LogP) is 3.62. The van der Waals surface area contributed by atoms with Gasteiger partial charge in [-0.2, -0.15) is 0 Å².